The minimum Gasteiger partial charge on any atom is -0.375 e. The van der Waals surface area contributed by atoms with Crippen LogP contribution < -0.4 is 0 Å². The van der Waals surface area contributed by atoms with Crippen molar-refractivity contribution in [3.8, 4) is 0 Å². The zero-order valence-corrected chi connectivity index (χ0v) is 15.4. The van der Waals surface area contributed by atoms with E-state index < -0.39 is 0 Å². The summed E-state index contributed by atoms with van der Waals surface area (Å²) in [5.41, 5.74) is 2.36. The summed E-state index contributed by atoms with van der Waals surface area (Å²) in [5.74, 6) is 0. The highest BCUT2D eigenvalue weighted by Gasteiger charge is 2.64. The summed E-state index contributed by atoms with van der Waals surface area (Å²) in [6.07, 6.45) is 10.5. The predicted octanol–water partition coefficient (Wildman–Crippen LogP) is 4.48. The molecule has 1 heterocycles. The van der Waals surface area contributed by atoms with Gasteiger partial charge in [0.25, 0.3) is 0 Å². The van der Waals surface area contributed by atoms with E-state index in [1.807, 2.05) is 0 Å². The SMILES string of the molecule is CC1C(CC23CC4(C)CC(C)(CC(C)(C4)C2)C3)OCCN1C. The van der Waals surface area contributed by atoms with E-state index in [2.05, 4.69) is 39.6 Å². The predicted molar refractivity (Wildman–Crippen MR) is 90.9 cm³/mol. The Kier molecular flexibility index (Phi) is 3.16. The fourth-order valence-corrected chi connectivity index (χ4v) is 8.40. The maximum Gasteiger partial charge on any atom is 0.0733 e. The van der Waals surface area contributed by atoms with Crippen molar-refractivity contribution < 1.29 is 4.74 Å². The van der Waals surface area contributed by atoms with Crippen molar-refractivity contribution in [2.24, 2.45) is 21.7 Å². The second-order valence-electron chi connectivity index (χ2n) is 10.8. The summed E-state index contributed by atoms with van der Waals surface area (Å²) in [6.45, 7) is 12.2. The lowest BCUT2D eigenvalue weighted by Gasteiger charge is -2.69. The van der Waals surface area contributed by atoms with Gasteiger partial charge in [0, 0.05) is 12.6 Å². The van der Waals surface area contributed by atoms with E-state index in [1.165, 1.54) is 44.9 Å². The Hall–Kier alpha value is -0.0800. The molecule has 2 heteroatoms. The van der Waals surface area contributed by atoms with Gasteiger partial charge in [0.1, 0.15) is 0 Å². The van der Waals surface area contributed by atoms with Gasteiger partial charge in [-0.3, -0.25) is 4.90 Å². The normalized spacial score (nSPS) is 58.2. The maximum absolute atomic E-state index is 6.26. The molecule has 126 valence electrons. The molecule has 0 N–H and O–H groups in total. The molecule has 4 saturated carbocycles. The minimum absolute atomic E-state index is 0.450. The molecule has 1 saturated heterocycles. The summed E-state index contributed by atoms with van der Waals surface area (Å²) in [4.78, 5) is 2.50. The topological polar surface area (TPSA) is 12.5 Å². The van der Waals surface area contributed by atoms with Crippen LogP contribution in [-0.4, -0.2) is 37.2 Å². The molecule has 0 aromatic heterocycles. The monoisotopic (exact) mass is 305 g/mol. The van der Waals surface area contributed by atoms with Crippen molar-refractivity contribution in [3.63, 3.8) is 0 Å². The Morgan fingerprint density at radius 2 is 1.41 bits per heavy atom. The van der Waals surface area contributed by atoms with Crippen molar-refractivity contribution >= 4 is 0 Å². The van der Waals surface area contributed by atoms with E-state index in [4.69, 9.17) is 4.74 Å². The molecule has 22 heavy (non-hydrogen) atoms. The van der Waals surface area contributed by atoms with Gasteiger partial charge in [-0.1, -0.05) is 20.8 Å². The lowest BCUT2D eigenvalue weighted by atomic mass is 9.36. The lowest BCUT2D eigenvalue weighted by molar-refractivity contribution is -0.201. The third kappa shape index (κ3) is 2.36. The lowest BCUT2D eigenvalue weighted by Crippen LogP contribution is -2.60. The standard InChI is InChI=1S/C20H35NO/c1-15-16(22-7-6-21(15)5)8-20-12-17(2)9-18(3,13-20)11-19(4,10-17)14-20/h15-16H,6-14H2,1-5H3. The van der Waals surface area contributed by atoms with Crippen LogP contribution in [0.3, 0.4) is 0 Å². The van der Waals surface area contributed by atoms with Gasteiger partial charge in [0.2, 0.25) is 0 Å². The van der Waals surface area contributed by atoms with Gasteiger partial charge in [-0.05, 0) is 80.6 Å². The first kappa shape index (κ1) is 15.4. The fourth-order valence-electron chi connectivity index (χ4n) is 8.40. The first-order valence-corrected chi connectivity index (χ1v) is 9.46. The van der Waals surface area contributed by atoms with Crippen molar-refractivity contribution in [3.05, 3.63) is 0 Å². The number of hydrogen-bond donors (Lipinski definition) is 0. The molecular formula is C20H35NO. The number of hydrogen-bond acceptors (Lipinski definition) is 2. The molecule has 5 aliphatic rings. The number of rotatable bonds is 2. The summed E-state index contributed by atoms with van der Waals surface area (Å²) >= 11 is 0. The van der Waals surface area contributed by atoms with Crippen LogP contribution in [0.5, 0.6) is 0 Å². The summed E-state index contributed by atoms with van der Waals surface area (Å²) in [5, 5.41) is 0. The number of nitrogens with zero attached hydrogens (tertiary/aromatic N) is 1. The maximum atomic E-state index is 6.26. The fraction of sp³-hybridized carbons (Fsp3) is 1.00. The van der Waals surface area contributed by atoms with Gasteiger partial charge in [0.15, 0.2) is 0 Å². The first-order valence-electron chi connectivity index (χ1n) is 9.46. The molecular weight excluding hydrogens is 270 g/mol. The van der Waals surface area contributed by atoms with Crippen molar-refractivity contribution in [1.82, 2.24) is 4.90 Å². The quantitative estimate of drug-likeness (QED) is 0.745. The Labute approximate surface area is 137 Å². The third-order valence-corrected chi connectivity index (χ3v) is 7.61. The highest BCUT2D eigenvalue weighted by molar-refractivity contribution is 5.14. The Bertz CT molecular complexity index is 419. The Balaban J connectivity index is 1.61. The van der Waals surface area contributed by atoms with Crippen LogP contribution in [0.15, 0.2) is 0 Å². The number of morpholine rings is 1. The molecule has 0 aromatic carbocycles. The van der Waals surface area contributed by atoms with Crippen LogP contribution in [0.25, 0.3) is 0 Å². The minimum atomic E-state index is 0.450. The molecule has 2 unspecified atom stereocenters. The van der Waals surface area contributed by atoms with Crippen molar-refractivity contribution in [2.45, 2.75) is 84.8 Å². The van der Waals surface area contributed by atoms with Gasteiger partial charge in [-0.15, -0.1) is 0 Å². The van der Waals surface area contributed by atoms with Gasteiger partial charge in [-0.25, -0.2) is 0 Å². The van der Waals surface area contributed by atoms with Gasteiger partial charge < -0.3 is 4.74 Å². The van der Waals surface area contributed by atoms with Gasteiger partial charge in [0.05, 0.1) is 12.7 Å². The Morgan fingerprint density at radius 1 is 0.909 bits per heavy atom. The summed E-state index contributed by atoms with van der Waals surface area (Å²) < 4.78 is 6.26. The smallest absolute Gasteiger partial charge is 0.0733 e. The molecule has 5 fully saturated rings. The molecule has 0 aromatic rings. The second-order valence-corrected chi connectivity index (χ2v) is 10.8. The highest BCUT2D eigenvalue weighted by Crippen LogP contribution is 2.74. The highest BCUT2D eigenvalue weighted by atomic mass is 16.5. The average Bonchev–Trinajstić information content (AvgIpc) is 2.28. The largest absolute Gasteiger partial charge is 0.375 e. The zero-order valence-electron chi connectivity index (χ0n) is 15.4. The van der Waals surface area contributed by atoms with Crippen molar-refractivity contribution in [2.75, 3.05) is 20.2 Å². The van der Waals surface area contributed by atoms with Crippen molar-refractivity contribution in [1.29, 1.82) is 0 Å². The van der Waals surface area contributed by atoms with Crippen LogP contribution in [0.4, 0.5) is 0 Å². The molecule has 5 rings (SSSR count). The van der Waals surface area contributed by atoms with E-state index in [0.29, 0.717) is 33.8 Å². The molecule has 0 amide bonds. The van der Waals surface area contributed by atoms with E-state index in [-0.39, 0.29) is 0 Å². The summed E-state index contributed by atoms with van der Waals surface area (Å²) in [7, 11) is 2.27. The van der Waals surface area contributed by atoms with Crippen LogP contribution in [0, 0.1) is 21.7 Å². The van der Waals surface area contributed by atoms with Crippen LogP contribution >= 0.6 is 0 Å². The van der Waals surface area contributed by atoms with Crippen LogP contribution in [0.1, 0.15) is 72.6 Å². The van der Waals surface area contributed by atoms with E-state index >= 15 is 0 Å². The van der Waals surface area contributed by atoms with Gasteiger partial charge >= 0.3 is 0 Å². The number of likely N-dealkylation sites (N-methyl/N-ethyl adjacent to an activating group) is 1. The molecule has 4 aliphatic carbocycles. The number of ether oxygens (including phenoxy) is 1. The zero-order chi connectivity index (χ0) is 15.8. The average molecular weight is 306 g/mol. The molecule has 4 bridgehead atoms. The van der Waals surface area contributed by atoms with Gasteiger partial charge in [-0.2, -0.15) is 0 Å². The second kappa shape index (κ2) is 4.51. The van der Waals surface area contributed by atoms with Crippen LogP contribution in [-0.2, 0) is 4.74 Å². The Morgan fingerprint density at radius 3 is 1.91 bits per heavy atom. The molecule has 0 spiro atoms. The van der Waals surface area contributed by atoms with Crippen LogP contribution in [0.2, 0.25) is 0 Å². The molecule has 0 radical (unpaired) electrons. The van der Waals surface area contributed by atoms with E-state index in [9.17, 15) is 0 Å². The summed E-state index contributed by atoms with van der Waals surface area (Å²) in [6, 6.07) is 0.579. The van der Waals surface area contributed by atoms with E-state index in [0.717, 1.165) is 13.2 Å². The molecule has 1 aliphatic heterocycles. The first-order chi connectivity index (χ1) is 10.1. The molecule has 2 atom stereocenters. The third-order valence-electron chi connectivity index (χ3n) is 7.61. The van der Waals surface area contributed by atoms with E-state index in [1.54, 1.807) is 0 Å². The molecule has 2 nitrogen and oxygen atoms in total.